The molecule has 0 saturated carbocycles. The molecule has 1 rings (SSSR count). The molecule has 0 aromatic carbocycles. The summed E-state index contributed by atoms with van der Waals surface area (Å²) in [5.74, 6) is 0. The van der Waals surface area contributed by atoms with Crippen LogP contribution < -0.4 is 0 Å². The Morgan fingerprint density at radius 3 is 2.35 bits per heavy atom. The highest BCUT2D eigenvalue weighted by Crippen LogP contribution is 2.27. The highest BCUT2D eigenvalue weighted by Gasteiger charge is 2.48. The summed E-state index contributed by atoms with van der Waals surface area (Å²) in [6.07, 6.45) is -7.19. The number of aliphatic hydroxyl groups excluding tert-OH is 4. The topological polar surface area (TPSA) is 154 Å². The van der Waals surface area contributed by atoms with Crippen molar-refractivity contribution in [3.63, 3.8) is 0 Å². The first-order valence-corrected chi connectivity index (χ1v) is 6.05. The van der Waals surface area contributed by atoms with Crippen LogP contribution in [0.4, 0.5) is 0 Å². The van der Waals surface area contributed by atoms with E-state index in [1.807, 2.05) is 0 Å². The van der Waals surface area contributed by atoms with Gasteiger partial charge in [0.15, 0.2) is 0 Å². The van der Waals surface area contributed by atoms with E-state index in [1.165, 1.54) is 0 Å². The summed E-state index contributed by atoms with van der Waals surface area (Å²) in [5, 5.41) is 36.4. The summed E-state index contributed by atoms with van der Waals surface area (Å²) in [6, 6.07) is 0. The van der Waals surface area contributed by atoms with Gasteiger partial charge in [0, 0.05) is 0 Å². The molecule has 1 fully saturated rings. The fourth-order valence-electron chi connectivity index (χ4n) is 1.60. The maximum Gasteiger partial charge on any atom is 0.397 e. The van der Waals surface area contributed by atoms with Crippen molar-refractivity contribution in [1.29, 1.82) is 0 Å². The molecular formula is C7H14O9S. The number of hydrogen-bond donors (Lipinski definition) is 5. The van der Waals surface area contributed by atoms with Crippen LogP contribution >= 0.6 is 0 Å². The molecule has 0 amide bonds. The van der Waals surface area contributed by atoms with E-state index in [9.17, 15) is 18.6 Å². The molecule has 0 unspecified atom stereocenters. The van der Waals surface area contributed by atoms with Crippen LogP contribution in [0.2, 0.25) is 0 Å². The molecule has 10 heteroatoms. The summed E-state index contributed by atoms with van der Waals surface area (Å²) in [7, 11) is -4.83. The zero-order valence-electron chi connectivity index (χ0n) is 8.58. The van der Waals surface area contributed by atoms with Crippen molar-refractivity contribution in [2.75, 3.05) is 13.2 Å². The van der Waals surface area contributed by atoms with E-state index >= 15 is 0 Å². The Morgan fingerprint density at radius 2 is 1.94 bits per heavy atom. The summed E-state index contributed by atoms with van der Waals surface area (Å²) < 4.78 is 38.6. The molecule has 0 aromatic rings. The van der Waals surface area contributed by atoms with Gasteiger partial charge in [-0.1, -0.05) is 0 Å². The van der Waals surface area contributed by atoms with Gasteiger partial charge < -0.3 is 25.2 Å². The average Bonchev–Trinajstić information content (AvgIpc) is 2.53. The lowest BCUT2D eigenvalue weighted by Crippen LogP contribution is -2.42. The fraction of sp³-hybridized carbons (Fsp3) is 1.00. The van der Waals surface area contributed by atoms with Crippen LogP contribution in [0.3, 0.4) is 0 Å². The van der Waals surface area contributed by atoms with Crippen molar-refractivity contribution in [2.45, 2.75) is 30.5 Å². The Hall–Kier alpha value is -0.330. The van der Waals surface area contributed by atoms with Crippen molar-refractivity contribution >= 4 is 10.4 Å². The molecule has 17 heavy (non-hydrogen) atoms. The monoisotopic (exact) mass is 274 g/mol. The average molecular weight is 274 g/mol. The van der Waals surface area contributed by atoms with Crippen LogP contribution in [-0.4, -0.2) is 77.1 Å². The van der Waals surface area contributed by atoms with Gasteiger partial charge in [-0.05, 0) is 0 Å². The van der Waals surface area contributed by atoms with Crippen LogP contribution in [0.25, 0.3) is 0 Å². The largest absolute Gasteiger partial charge is 0.397 e. The Kier molecular flexibility index (Phi) is 4.80. The van der Waals surface area contributed by atoms with Gasteiger partial charge in [0.1, 0.15) is 30.5 Å². The van der Waals surface area contributed by atoms with Crippen molar-refractivity contribution in [3.05, 3.63) is 0 Å². The van der Waals surface area contributed by atoms with Crippen molar-refractivity contribution in [2.24, 2.45) is 0 Å². The van der Waals surface area contributed by atoms with Gasteiger partial charge in [-0.25, -0.2) is 4.18 Å². The maximum atomic E-state index is 10.5. The summed E-state index contributed by atoms with van der Waals surface area (Å²) in [6.45, 7) is -1.41. The van der Waals surface area contributed by atoms with Crippen molar-refractivity contribution < 1.29 is 42.3 Å². The second-order valence-electron chi connectivity index (χ2n) is 3.55. The molecule has 0 aliphatic carbocycles. The van der Waals surface area contributed by atoms with E-state index in [0.717, 1.165) is 0 Å². The van der Waals surface area contributed by atoms with Gasteiger partial charge >= 0.3 is 10.4 Å². The molecule has 102 valence electrons. The number of rotatable bonds is 5. The lowest BCUT2D eigenvalue weighted by Gasteiger charge is -2.19. The van der Waals surface area contributed by atoms with Crippen molar-refractivity contribution in [1.82, 2.24) is 0 Å². The second-order valence-corrected chi connectivity index (χ2v) is 4.60. The van der Waals surface area contributed by atoms with E-state index in [2.05, 4.69) is 4.18 Å². The van der Waals surface area contributed by atoms with Crippen LogP contribution in [0.1, 0.15) is 0 Å². The van der Waals surface area contributed by atoms with E-state index < -0.39 is 54.1 Å². The zero-order valence-corrected chi connectivity index (χ0v) is 9.39. The Morgan fingerprint density at radius 1 is 1.35 bits per heavy atom. The molecule has 0 bridgehead atoms. The molecular weight excluding hydrogens is 260 g/mol. The quantitative estimate of drug-likeness (QED) is 0.323. The van der Waals surface area contributed by atoms with Crippen LogP contribution in [0, 0.1) is 0 Å². The van der Waals surface area contributed by atoms with Crippen LogP contribution in [0.15, 0.2) is 0 Å². The van der Waals surface area contributed by atoms with E-state index in [0.29, 0.717) is 0 Å². The third-order valence-electron chi connectivity index (χ3n) is 2.35. The third kappa shape index (κ3) is 3.56. The fourth-order valence-corrected chi connectivity index (χ4v) is 2.11. The molecule has 5 N–H and O–H groups in total. The standard InChI is InChI=1S/C7H14O9S/c8-1-3(10)6-5(11)7(4(2-9)15-6)16-17(12,13)14/h3-11H,1-2H2,(H,12,13,14)/t3-,4+,5+,6+,7+/m0/s1. The van der Waals surface area contributed by atoms with Gasteiger partial charge in [0.25, 0.3) is 0 Å². The zero-order chi connectivity index (χ0) is 13.2. The molecule has 0 spiro atoms. The van der Waals surface area contributed by atoms with Gasteiger partial charge in [-0.15, -0.1) is 0 Å². The predicted molar refractivity (Wildman–Crippen MR) is 51.3 cm³/mol. The summed E-state index contributed by atoms with van der Waals surface area (Å²) in [5.41, 5.74) is 0. The maximum absolute atomic E-state index is 10.5. The molecule has 1 heterocycles. The number of hydrogen-bond acceptors (Lipinski definition) is 8. The minimum atomic E-state index is -4.83. The van der Waals surface area contributed by atoms with E-state index in [-0.39, 0.29) is 0 Å². The van der Waals surface area contributed by atoms with E-state index in [4.69, 9.17) is 19.5 Å². The van der Waals surface area contributed by atoms with Gasteiger partial charge in [0.05, 0.1) is 13.2 Å². The summed E-state index contributed by atoms with van der Waals surface area (Å²) >= 11 is 0. The van der Waals surface area contributed by atoms with Crippen LogP contribution in [0.5, 0.6) is 0 Å². The molecule has 1 aliphatic rings. The Balaban J connectivity index is 2.82. The van der Waals surface area contributed by atoms with Gasteiger partial charge in [-0.3, -0.25) is 4.55 Å². The van der Waals surface area contributed by atoms with Gasteiger partial charge in [-0.2, -0.15) is 8.42 Å². The molecule has 9 nitrogen and oxygen atoms in total. The normalized spacial score (nSPS) is 36.1. The third-order valence-corrected chi connectivity index (χ3v) is 2.82. The number of aliphatic hydroxyl groups is 4. The smallest absolute Gasteiger partial charge is 0.394 e. The molecule has 5 atom stereocenters. The predicted octanol–water partition coefficient (Wildman–Crippen LogP) is -3.35. The molecule has 1 aliphatic heterocycles. The molecule has 0 radical (unpaired) electrons. The first kappa shape index (κ1) is 14.7. The second kappa shape index (κ2) is 5.54. The Labute approximate surface area is 97.2 Å². The number of ether oxygens (including phenoxy) is 1. The highest BCUT2D eigenvalue weighted by molar-refractivity contribution is 7.80. The Bertz CT molecular complexity index is 341. The first-order valence-electron chi connectivity index (χ1n) is 4.69. The minimum Gasteiger partial charge on any atom is -0.394 e. The lowest BCUT2D eigenvalue weighted by atomic mass is 10.0. The summed E-state index contributed by atoms with van der Waals surface area (Å²) in [4.78, 5) is 0. The highest BCUT2D eigenvalue weighted by atomic mass is 32.3. The SMILES string of the molecule is O=S(=O)(O)O[C@H]1[C@H](O)[C@@H]([C@@H](O)CO)O[C@@H]1CO. The van der Waals surface area contributed by atoms with Crippen molar-refractivity contribution in [3.8, 4) is 0 Å². The van der Waals surface area contributed by atoms with Crippen LogP contribution in [-0.2, 0) is 19.3 Å². The van der Waals surface area contributed by atoms with E-state index in [1.54, 1.807) is 0 Å². The molecule has 1 saturated heterocycles. The lowest BCUT2D eigenvalue weighted by molar-refractivity contribution is -0.0884. The minimum absolute atomic E-state index is 0.689. The van der Waals surface area contributed by atoms with Gasteiger partial charge in [0.2, 0.25) is 0 Å². The first-order chi connectivity index (χ1) is 7.80. The molecule has 0 aromatic heterocycles.